The number of benzene rings is 4. The molecule has 0 aliphatic carbocycles. The molecule has 4 aromatic rings. The third-order valence-corrected chi connectivity index (χ3v) is 10.0. The van der Waals surface area contributed by atoms with Gasteiger partial charge in [0.2, 0.25) is 11.8 Å². The summed E-state index contributed by atoms with van der Waals surface area (Å²) in [6, 6.07) is 23.7. The highest BCUT2D eigenvalue weighted by Gasteiger charge is 2.37. The van der Waals surface area contributed by atoms with Crippen molar-refractivity contribution in [3.8, 4) is 0 Å². The monoisotopic (exact) mass is 719 g/mol. The van der Waals surface area contributed by atoms with E-state index in [1.807, 2.05) is 6.92 Å². The van der Waals surface area contributed by atoms with Gasteiger partial charge in [-0.1, -0.05) is 103 Å². The Bertz CT molecular complexity index is 1810. The minimum Gasteiger partial charge on any atom is -0.354 e. The van der Waals surface area contributed by atoms with Gasteiger partial charge in [0, 0.05) is 24.5 Å². The summed E-state index contributed by atoms with van der Waals surface area (Å²) >= 11 is 12.8. The lowest BCUT2D eigenvalue weighted by Gasteiger charge is -2.34. The Morgan fingerprint density at radius 1 is 0.854 bits per heavy atom. The molecule has 48 heavy (non-hydrogen) atoms. The van der Waals surface area contributed by atoms with Crippen LogP contribution in [0.15, 0.2) is 108 Å². The second kappa shape index (κ2) is 16.4. The van der Waals surface area contributed by atoms with Gasteiger partial charge in [-0.2, -0.15) is 13.2 Å². The number of amides is 2. The summed E-state index contributed by atoms with van der Waals surface area (Å²) in [5.74, 6) is -1.35. The maximum atomic E-state index is 14.5. The average Bonchev–Trinajstić information content (AvgIpc) is 3.06. The number of halogens is 5. The first-order chi connectivity index (χ1) is 22.8. The van der Waals surface area contributed by atoms with Crippen LogP contribution < -0.4 is 9.62 Å². The van der Waals surface area contributed by atoms with Gasteiger partial charge in [-0.25, -0.2) is 8.42 Å². The van der Waals surface area contributed by atoms with Gasteiger partial charge in [0.1, 0.15) is 12.6 Å². The first-order valence-electron chi connectivity index (χ1n) is 15.1. The molecule has 0 aromatic heterocycles. The van der Waals surface area contributed by atoms with Crippen LogP contribution >= 0.6 is 23.2 Å². The number of nitrogens with zero attached hydrogens (tertiary/aromatic N) is 2. The maximum Gasteiger partial charge on any atom is 0.416 e. The van der Waals surface area contributed by atoms with Crippen molar-refractivity contribution in [3.05, 3.63) is 130 Å². The topological polar surface area (TPSA) is 86.8 Å². The minimum absolute atomic E-state index is 0.0603. The maximum absolute atomic E-state index is 14.5. The summed E-state index contributed by atoms with van der Waals surface area (Å²) in [4.78, 5) is 29.3. The summed E-state index contributed by atoms with van der Waals surface area (Å²) < 4.78 is 70.3. The van der Waals surface area contributed by atoms with Crippen LogP contribution in [0, 0.1) is 0 Å². The number of nitrogens with one attached hydrogen (secondary N) is 1. The standard InChI is InChI=1S/C35H34Cl2F3N3O4S/c1-2-3-20-41-34(45)32(21-25-12-6-4-7-13-25)42(23-26-14-10-11-17-29(26)36)33(44)24-43(48(46,47)28-15-8-5-9-16-28)31-22-27(35(38,39)40)18-19-30(31)37/h4-19,22,32H,2-3,20-21,23-24H2,1H3,(H,41,45)/t32-/m1/s1. The fraction of sp³-hybridized carbons (Fsp3) is 0.257. The van der Waals surface area contributed by atoms with Crippen LogP contribution in [-0.2, 0) is 38.8 Å². The molecule has 0 heterocycles. The van der Waals surface area contributed by atoms with Gasteiger partial charge in [0.25, 0.3) is 10.0 Å². The van der Waals surface area contributed by atoms with Gasteiger partial charge in [-0.3, -0.25) is 13.9 Å². The summed E-state index contributed by atoms with van der Waals surface area (Å²) in [6.45, 7) is 1.12. The number of hydrogen-bond acceptors (Lipinski definition) is 4. The van der Waals surface area contributed by atoms with E-state index in [0.717, 1.165) is 24.1 Å². The van der Waals surface area contributed by atoms with Crippen LogP contribution in [0.2, 0.25) is 10.0 Å². The number of hydrogen-bond donors (Lipinski definition) is 1. The van der Waals surface area contributed by atoms with E-state index >= 15 is 0 Å². The number of alkyl halides is 3. The zero-order valence-electron chi connectivity index (χ0n) is 26.0. The number of anilines is 1. The molecule has 13 heteroatoms. The molecule has 0 saturated heterocycles. The lowest BCUT2D eigenvalue weighted by Crippen LogP contribution is -2.53. The summed E-state index contributed by atoms with van der Waals surface area (Å²) in [5.41, 5.74) is -0.512. The Balaban J connectivity index is 1.86. The van der Waals surface area contributed by atoms with E-state index < -0.39 is 51.9 Å². The SMILES string of the molecule is CCCCNC(=O)[C@@H](Cc1ccccc1)N(Cc1ccccc1Cl)C(=O)CN(c1cc(C(F)(F)F)ccc1Cl)S(=O)(=O)c1ccccc1. The first-order valence-corrected chi connectivity index (χ1v) is 17.3. The van der Waals surface area contributed by atoms with Crippen molar-refractivity contribution in [1.29, 1.82) is 0 Å². The van der Waals surface area contributed by atoms with E-state index in [0.29, 0.717) is 33.9 Å². The molecular weight excluding hydrogens is 686 g/mol. The van der Waals surface area contributed by atoms with Crippen LogP contribution in [0.4, 0.5) is 18.9 Å². The molecule has 2 amide bonds. The molecule has 0 unspecified atom stereocenters. The lowest BCUT2D eigenvalue weighted by molar-refractivity contribution is -0.140. The van der Waals surface area contributed by atoms with Crippen molar-refractivity contribution in [2.75, 3.05) is 17.4 Å². The van der Waals surface area contributed by atoms with Crippen molar-refractivity contribution in [2.24, 2.45) is 0 Å². The van der Waals surface area contributed by atoms with Gasteiger partial charge in [0.05, 0.1) is 21.2 Å². The second-order valence-corrected chi connectivity index (χ2v) is 13.6. The average molecular weight is 721 g/mol. The largest absolute Gasteiger partial charge is 0.416 e. The van der Waals surface area contributed by atoms with Crippen molar-refractivity contribution >= 4 is 50.7 Å². The third kappa shape index (κ3) is 9.30. The van der Waals surface area contributed by atoms with E-state index in [4.69, 9.17) is 23.2 Å². The normalized spacial score (nSPS) is 12.3. The predicted molar refractivity (Wildman–Crippen MR) is 181 cm³/mol. The van der Waals surface area contributed by atoms with Crippen molar-refractivity contribution in [2.45, 2.75) is 49.8 Å². The summed E-state index contributed by atoms with van der Waals surface area (Å²) in [5, 5.41) is 2.84. The Morgan fingerprint density at radius 2 is 1.48 bits per heavy atom. The number of sulfonamides is 1. The highest BCUT2D eigenvalue weighted by Crippen LogP contribution is 2.37. The highest BCUT2D eigenvalue weighted by atomic mass is 35.5. The Morgan fingerprint density at radius 3 is 2.10 bits per heavy atom. The zero-order valence-corrected chi connectivity index (χ0v) is 28.3. The molecule has 0 fully saturated rings. The van der Waals surface area contributed by atoms with Crippen molar-refractivity contribution < 1.29 is 31.2 Å². The summed E-state index contributed by atoms with van der Waals surface area (Å²) in [7, 11) is -4.66. The van der Waals surface area contributed by atoms with Crippen LogP contribution in [0.1, 0.15) is 36.5 Å². The van der Waals surface area contributed by atoms with Crippen LogP contribution in [0.3, 0.4) is 0 Å². The van der Waals surface area contributed by atoms with Crippen LogP contribution in [0.5, 0.6) is 0 Å². The van der Waals surface area contributed by atoms with Gasteiger partial charge in [-0.15, -0.1) is 0 Å². The predicted octanol–water partition coefficient (Wildman–Crippen LogP) is 7.76. The number of rotatable bonds is 14. The molecule has 0 saturated carbocycles. The number of carbonyl (C=O) groups is 2. The fourth-order valence-electron chi connectivity index (χ4n) is 4.98. The molecular formula is C35H34Cl2F3N3O4S. The van der Waals surface area contributed by atoms with Gasteiger partial charge >= 0.3 is 6.18 Å². The lowest BCUT2D eigenvalue weighted by atomic mass is 10.0. The molecule has 0 spiro atoms. The smallest absolute Gasteiger partial charge is 0.354 e. The Hall–Kier alpha value is -4.06. The number of carbonyl (C=O) groups excluding carboxylic acids is 2. The van der Waals surface area contributed by atoms with Crippen molar-refractivity contribution in [3.63, 3.8) is 0 Å². The highest BCUT2D eigenvalue weighted by molar-refractivity contribution is 7.92. The van der Waals surface area contributed by atoms with E-state index in [9.17, 15) is 31.2 Å². The molecule has 254 valence electrons. The van der Waals surface area contributed by atoms with Gasteiger partial charge in [-0.05, 0) is 53.9 Å². The molecule has 4 aromatic carbocycles. The fourth-order valence-corrected chi connectivity index (χ4v) is 6.89. The van der Waals surface area contributed by atoms with Gasteiger partial charge in [0.15, 0.2) is 0 Å². The number of unbranched alkanes of at least 4 members (excludes halogenated alkanes) is 1. The Labute approximate surface area is 288 Å². The molecule has 1 N–H and O–H groups in total. The molecule has 0 aliphatic heterocycles. The van der Waals surface area contributed by atoms with Crippen LogP contribution in [-0.4, -0.2) is 44.3 Å². The van der Waals surface area contributed by atoms with Crippen molar-refractivity contribution in [1.82, 2.24) is 10.2 Å². The molecule has 0 radical (unpaired) electrons. The third-order valence-electron chi connectivity index (χ3n) is 7.55. The molecule has 1 atom stereocenters. The van der Waals surface area contributed by atoms with Crippen LogP contribution in [0.25, 0.3) is 0 Å². The first kappa shape index (κ1) is 36.8. The van der Waals surface area contributed by atoms with E-state index in [-0.39, 0.29) is 22.9 Å². The Kier molecular flexibility index (Phi) is 12.5. The summed E-state index contributed by atoms with van der Waals surface area (Å²) in [6.07, 6.45) is -3.29. The quantitative estimate of drug-likeness (QED) is 0.135. The molecule has 7 nitrogen and oxygen atoms in total. The molecule has 0 aliphatic rings. The molecule has 4 rings (SSSR count). The minimum atomic E-state index is -4.83. The molecule has 0 bridgehead atoms. The second-order valence-electron chi connectivity index (χ2n) is 11.0. The van der Waals surface area contributed by atoms with E-state index in [1.165, 1.54) is 29.2 Å². The zero-order chi connectivity index (χ0) is 34.9. The van der Waals surface area contributed by atoms with E-state index in [1.54, 1.807) is 60.7 Å². The van der Waals surface area contributed by atoms with Gasteiger partial charge < -0.3 is 10.2 Å². The van der Waals surface area contributed by atoms with E-state index in [2.05, 4.69) is 5.32 Å².